The molecule has 0 unspecified atom stereocenters. The lowest BCUT2D eigenvalue weighted by Crippen LogP contribution is -2.53. The third-order valence-electron chi connectivity index (χ3n) is 6.66. The number of piperazine rings is 1. The number of carbonyl (C=O) groups excluding carboxylic acids is 3. The average molecular weight is 527 g/mol. The fraction of sp³-hybridized carbons (Fsp3) is 0.370. The van der Waals surface area contributed by atoms with Crippen molar-refractivity contribution in [2.75, 3.05) is 53.5 Å². The second kappa shape index (κ2) is 11.7. The van der Waals surface area contributed by atoms with Crippen molar-refractivity contribution in [3.63, 3.8) is 0 Å². The van der Waals surface area contributed by atoms with Gasteiger partial charge in [-0.2, -0.15) is 0 Å². The summed E-state index contributed by atoms with van der Waals surface area (Å²) >= 11 is 6.45. The van der Waals surface area contributed by atoms with Crippen LogP contribution in [0.3, 0.4) is 0 Å². The van der Waals surface area contributed by atoms with Crippen molar-refractivity contribution in [3.8, 4) is 5.75 Å². The Morgan fingerprint density at radius 2 is 1.73 bits per heavy atom. The van der Waals surface area contributed by atoms with Crippen LogP contribution in [0.25, 0.3) is 0 Å². The summed E-state index contributed by atoms with van der Waals surface area (Å²) < 4.78 is 10.6. The van der Waals surface area contributed by atoms with Crippen LogP contribution in [0.5, 0.6) is 5.75 Å². The molecule has 2 aromatic carbocycles. The lowest BCUT2D eigenvalue weighted by molar-refractivity contribution is -0.139. The molecule has 9 nitrogen and oxygen atoms in total. The number of methoxy groups -OCH3 is 1. The summed E-state index contributed by atoms with van der Waals surface area (Å²) in [6, 6.07) is 13.1. The number of ether oxygens (including phenoxy) is 2. The number of hydrogen-bond acceptors (Lipinski definition) is 6. The molecule has 1 saturated heterocycles. The smallest absolute Gasteiger partial charge is 0.338 e. The molecule has 2 heterocycles. The molecule has 0 radical (unpaired) electrons. The number of nitrogens with zero attached hydrogens (tertiary/aromatic N) is 3. The maximum Gasteiger partial charge on any atom is 0.338 e. The summed E-state index contributed by atoms with van der Waals surface area (Å²) in [4.78, 5) is 44.4. The summed E-state index contributed by atoms with van der Waals surface area (Å²) in [5.74, 6) is 0.159. The maximum absolute atomic E-state index is 13.2. The number of urea groups is 1. The van der Waals surface area contributed by atoms with E-state index in [0.29, 0.717) is 65.9 Å². The summed E-state index contributed by atoms with van der Waals surface area (Å²) in [7, 11) is 3.22. The molecule has 196 valence electrons. The normalized spacial score (nSPS) is 18.5. The molecule has 2 aliphatic rings. The van der Waals surface area contributed by atoms with Gasteiger partial charge in [-0.25, -0.2) is 9.59 Å². The molecule has 3 amide bonds. The Labute approximate surface area is 221 Å². The fourth-order valence-corrected chi connectivity index (χ4v) is 4.82. The van der Waals surface area contributed by atoms with Crippen molar-refractivity contribution in [1.29, 1.82) is 0 Å². The van der Waals surface area contributed by atoms with Crippen molar-refractivity contribution >= 4 is 29.5 Å². The minimum absolute atomic E-state index is 0.0401. The van der Waals surface area contributed by atoms with Crippen LogP contribution in [-0.4, -0.2) is 86.1 Å². The standard InChI is InChI=1S/C27H31ClN4O5/c1-4-37-26(34)23-22(30(2)27(35)29-24(23)20-7-5-6-8-21(20)28)17-31-13-15-32(16-14-31)25(33)18-9-11-19(36-3)12-10-18/h5-12,24H,4,13-17H2,1-3H3,(H,29,35)/t24-/m1/s1. The van der Waals surface area contributed by atoms with E-state index in [-0.39, 0.29) is 18.5 Å². The number of esters is 1. The lowest BCUT2D eigenvalue weighted by Gasteiger charge is -2.39. The topological polar surface area (TPSA) is 91.4 Å². The number of carbonyl (C=O) groups is 3. The largest absolute Gasteiger partial charge is 0.497 e. The third kappa shape index (κ3) is 5.73. The van der Waals surface area contributed by atoms with Crippen LogP contribution < -0.4 is 10.1 Å². The van der Waals surface area contributed by atoms with Gasteiger partial charge in [-0.3, -0.25) is 14.6 Å². The van der Waals surface area contributed by atoms with Crippen molar-refractivity contribution in [3.05, 3.63) is 76.0 Å². The summed E-state index contributed by atoms with van der Waals surface area (Å²) in [6.45, 7) is 4.53. The van der Waals surface area contributed by atoms with E-state index in [1.165, 1.54) is 4.90 Å². The molecule has 1 fully saturated rings. The molecule has 0 aromatic heterocycles. The van der Waals surface area contributed by atoms with Gasteiger partial charge in [0.25, 0.3) is 5.91 Å². The Bertz CT molecular complexity index is 1190. The zero-order chi connectivity index (χ0) is 26.5. The first-order valence-electron chi connectivity index (χ1n) is 12.2. The molecule has 37 heavy (non-hydrogen) atoms. The van der Waals surface area contributed by atoms with Gasteiger partial charge in [-0.05, 0) is 42.8 Å². The number of halogens is 1. The molecule has 0 spiro atoms. The third-order valence-corrected chi connectivity index (χ3v) is 7.00. The second-order valence-corrected chi connectivity index (χ2v) is 9.25. The maximum atomic E-state index is 13.2. The van der Waals surface area contributed by atoms with Gasteiger partial charge in [0.05, 0.1) is 25.3 Å². The lowest BCUT2D eigenvalue weighted by atomic mass is 9.94. The molecule has 0 saturated carbocycles. The van der Waals surface area contributed by atoms with E-state index >= 15 is 0 Å². The molecule has 4 rings (SSSR count). The Kier molecular flexibility index (Phi) is 8.35. The summed E-state index contributed by atoms with van der Waals surface area (Å²) in [5, 5.41) is 3.34. The first kappa shape index (κ1) is 26.5. The predicted molar refractivity (Wildman–Crippen MR) is 139 cm³/mol. The van der Waals surface area contributed by atoms with Gasteiger partial charge in [0.15, 0.2) is 0 Å². The zero-order valence-corrected chi connectivity index (χ0v) is 22.0. The van der Waals surface area contributed by atoms with Gasteiger partial charge < -0.3 is 19.7 Å². The van der Waals surface area contributed by atoms with Gasteiger partial charge >= 0.3 is 12.0 Å². The molecule has 1 N–H and O–H groups in total. The van der Waals surface area contributed by atoms with Crippen LogP contribution in [0.1, 0.15) is 28.9 Å². The van der Waals surface area contributed by atoms with Crippen LogP contribution in [0, 0.1) is 0 Å². The van der Waals surface area contributed by atoms with Gasteiger partial charge in [0, 0.05) is 56.1 Å². The predicted octanol–water partition coefficient (Wildman–Crippen LogP) is 3.32. The van der Waals surface area contributed by atoms with Crippen molar-refractivity contribution in [1.82, 2.24) is 20.0 Å². The monoisotopic (exact) mass is 526 g/mol. The number of rotatable bonds is 7. The van der Waals surface area contributed by atoms with E-state index in [4.69, 9.17) is 21.1 Å². The number of nitrogens with one attached hydrogen (secondary N) is 1. The highest BCUT2D eigenvalue weighted by molar-refractivity contribution is 6.31. The molecular weight excluding hydrogens is 496 g/mol. The van der Waals surface area contributed by atoms with Crippen LogP contribution in [0.15, 0.2) is 59.8 Å². The Morgan fingerprint density at radius 3 is 2.35 bits per heavy atom. The van der Waals surface area contributed by atoms with Crippen LogP contribution in [0.2, 0.25) is 5.02 Å². The minimum Gasteiger partial charge on any atom is -0.497 e. The quantitative estimate of drug-likeness (QED) is 0.557. The molecule has 1 atom stereocenters. The van der Waals surface area contributed by atoms with Gasteiger partial charge in [0.1, 0.15) is 5.75 Å². The molecule has 0 bridgehead atoms. The van der Waals surface area contributed by atoms with Crippen LogP contribution >= 0.6 is 11.6 Å². The summed E-state index contributed by atoms with van der Waals surface area (Å²) in [5.41, 5.74) is 2.14. The van der Waals surface area contributed by atoms with Gasteiger partial charge in [0.2, 0.25) is 0 Å². The minimum atomic E-state index is -0.732. The van der Waals surface area contributed by atoms with E-state index in [1.54, 1.807) is 63.5 Å². The zero-order valence-electron chi connectivity index (χ0n) is 21.2. The Morgan fingerprint density at radius 1 is 1.05 bits per heavy atom. The highest BCUT2D eigenvalue weighted by atomic mass is 35.5. The highest BCUT2D eigenvalue weighted by Gasteiger charge is 2.38. The van der Waals surface area contributed by atoms with Crippen molar-refractivity contribution in [2.45, 2.75) is 13.0 Å². The fourth-order valence-electron chi connectivity index (χ4n) is 4.58. The number of likely N-dealkylation sites (N-methyl/N-ethyl adjacent to an activating group) is 1. The first-order chi connectivity index (χ1) is 17.8. The molecular formula is C27H31ClN4O5. The van der Waals surface area contributed by atoms with E-state index in [9.17, 15) is 14.4 Å². The summed E-state index contributed by atoms with van der Waals surface area (Å²) in [6.07, 6.45) is 0. The average Bonchev–Trinajstić information content (AvgIpc) is 2.91. The Balaban J connectivity index is 1.55. The van der Waals surface area contributed by atoms with Crippen molar-refractivity contribution < 1.29 is 23.9 Å². The van der Waals surface area contributed by atoms with E-state index in [1.807, 2.05) is 11.0 Å². The number of amides is 3. The van der Waals surface area contributed by atoms with E-state index in [0.717, 1.165) is 0 Å². The van der Waals surface area contributed by atoms with E-state index in [2.05, 4.69) is 10.2 Å². The second-order valence-electron chi connectivity index (χ2n) is 8.84. The number of hydrogen-bond donors (Lipinski definition) is 1. The molecule has 0 aliphatic carbocycles. The van der Waals surface area contributed by atoms with Gasteiger partial charge in [-0.15, -0.1) is 0 Å². The molecule has 2 aliphatic heterocycles. The van der Waals surface area contributed by atoms with Crippen LogP contribution in [0.4, 0.5) is 4.79 Å². The van der Waals surface area contributed by atoms with Gasteiger partial charge in [-0.1, -0.05) is 29.8 Å². The molecule has 10 heteroatoms. The molecule has 2 aromatic rings. The highest BCUT2D eigenvalue weighted by Crippen LogP contribution is 2.34. The first-order valence-corrected chi connectivity index (χ1v) is 12.6. The Hall–Kier alpha value is -3.56. The van der Waals surface area contributed by atoms with E-state index < -0.39 is 12.0 Å². The SMILES string of the molecule is CCOC(=O)C1=C(CN2CCN(C(=O)c3ccc(OC)cc3)CC2)N(C)C(=O)N[C@@H]1c1ccccc1Cl. The number of benzene rings is 2. The van der Waals surface area contributed by atoms with Crippen molar-refractivity contribution in [2.24, 2.45) is 0 Å². The van der Waals surface area contributed by atoms with Crippen LogP contribution in [-0.2, 0) is 9.53 Å².